The first-order chi connectivity index (χ1) is 24.1. The van der Waals surface area contributed by atoms with Crippen molar-refractivity contribution in [2.24, 2.45) is 0 Å². The number of methoxy groups -OCH3 is 1. The van der Waals surface area contributed by atoms with Crippen molar-refractivity contribution < 1.29 is 37.5 Å². The van der Waals surface area contributed by atoms with E-state index in [0.717, 1.165) is 53.8 Å². The summed E-state index contributed by atoms with van der Waals surface area (Å²) in [4.78, 5) is 33.8. The van der Waals surface area contributed by atoms with Gasteiger partial charge < -0.3 is 28.9 Å². The number of carbonyl (C=O) groups excluding carboxylic acids is 1. The van der Waals surface area contributed by atoms with Gasteiger partial charge in [0.15, 0.2) is 5.76 Å². The summed E-state index contributed by atoms with van der Waals surface area (Å²) in [5, 5.41) is 13.7. The Bertz CT molecular complexity index is 1910. The summed E-state index contributed by atoms with van der Waals surface area (Å²) >= 11 is 12.5. The molecule has 3 heterocycles. The van der Waals surface area contributed by atoms with Crippen LogP contribution in [0.3, 0.4) is 0 Å². The highest BCUT2D eigenvalue weighted by molar-refractivity contribution is 6.33. The van der Waals surface area contributed by atoms with E-state index in [0.29, 0.717) is 35.8 Å². The minimum absolute atomic E-state index is 0.0263. The normalized spacial score (nSPS) is 14.6. The van der Waals surface area contributed by atoms with Gasteiger partial charge in [0.25, 0.3) is 5.91 Å². The van der Waals surface area contributed by atoms with E-state index in [1.807, 2.05) is 18.2 Å². The molecule has 2 aromatic heterocycles. The van der Waals surface area contributed by atoms with Crippen LogP contribution >= 0.6 is 23.2 Å². The number of aryl methyl sites for hydroxylation is 1. The van der Waals surface area contributed by atoms with Gasteiger partial charge in [-0.25, -0.2) is 13.6 Å². The minimum atomic E-state index is -1.09. The van der Waals surface area contributed by atoms with Gasteiger partial charge in [-0.15, -0.1) is 0 Å². The lowest BCUT2D eigenvalue weighted by atomic mass is 9.92. The molecular formula is C36H34Cl2F2N4O6. The van der Waals surface area contributed by atoms with E-state index in [4.69, 9.17) is 37.2 Å². The second-order valence-corrected chi connectivity index (χ2v) is 12.9. The van der Waals surface area contributed by atoms with E-state index in [1.165, 1.54) is 11.0 Å². The molecular weight excluding hydrogens is 693 g/mol. The molecule has 2 aliphatic rings. The van der Waals surface area contributed by atoms with Crippen molar-refractivity contribution in [3.05, 3.63) is 105 Å². The topological polar surface area (TPSA) is 118 Å². The van der Waals surface area contributed by atoms with Gasteiger partial charge in [-0.05, 0) is 79.1 Å². The van der Waals surface area contributed by atoms with E-state index in [9.17, 15) is 23.5 Å². The monoisotopic (exact) mass is 726 g/mol. The van der Waals surface area contributed by atoms with E-state index in [-0.39, 0.29) is 55.2 Å². The number of aromatic nitrogens is 2. The third-order valence-electron chi connectivity index (χ3n) is 8.68. The molecule has 262 valence electrons. The first-order valence-electron chi connectivity index (χ1n) is 16.1. The van der Waals surface area contributed by atoms with E-state index >= 15 is 0 Å². The highest BCUT2D eigenvalue weighted by Crippen LogP contribution is 2.36. The molecule has 0 bridgehead atoms. The highest BCUT2D eigenvalue weighted by atomic mass is 35.5. The molecule has 6 rings (SSSR count). The summed E-state index contributed by atoms with van der Waals surface area (Å²) in [5.41, 5.74) is 3.42. The minimum Gasteiger partial charge on any atom is -0.486 e. The van der Waals surface area contributed by atoms with Crippen LogP contribution in [0.5, 0.6) is 5.75 Å². The zero-order chi connectivity index (χ0) is 35.4. The number of carbonyl (C=O) groups is 2. The number of benzene rings is 2. The summed E-state index contributed by atoms with van der Waals surface area (Å²) in [7, 11) is 1.65. The Balaban J connectivity index is 1.20. The maximum Gasteiger partial charge on any atom is 0.407 e. The summed E-state index contributed by atoms with van der Waals surface area (Å²) < 4.78 is 44.5. The van der Waals surface area contributed by atoms with Gasteiger partial charge in [0, 0.05) is 56.4 Å². The van der Waals surface area contributed by atoms with Crippen LogP contribution < -0.4 is 4.74 Å². The predicted octanol–water partition coefficient (Wildman–Crippen LogP) is 7.81. The number of rotatable bonds is 13. The maximum absolute atomic E-state index is 14.3. The molecule has 0 spiro atoms. The van der Waals surface area contributed by atoms with Crippen molar-refractivity contribution in [1.82, 2.24) is 19.9 Å². The number of ether oxygens (including phenoxy) is 2. The highest BCUT2D eigenvalue weighted by Gasteiger charge is 2.37. The molecule has 1 aliphatic heterocycles. The summed E-state index contributed by atoms with van der Waals surface area (Å²) in [6.45, 7) is 1.03. The maximum atomic E-state index is 14.3. The second kappa shape index (κ2) is 15.6. The first kappa shape index (κ1) is 35.3. The molecule has 0 radical (unpaired) electrons. The van der Waals surface area contributed by atoms with E-state index in [1.54, 1.807) is 30.3 Å². The van der Waals surface area contributed by atoms with Crippen LogP contribution in [0.2, 0.25) is 10.0 Å². The third kappa shape index (κ3) is 8.09. The molecule has 1 fully saturated rings. The fourth-order valence-corrected chi connectivity index (χ4v) is 6.32. The summed E-state index contributed by atoms with van der Waals surface area (Å²) in [6, 6.07) is 12.4. The van der Waals surface area contributed by atoms with Crippen molar-refractivity contribution in [2.75, 3.05) is 26.8 Å². The lowest BCUT2D eigenvalue weighted by molar-refractivity contribution is -0.128. The Morgan fingerprint density at radius 2 is 1.86 bits per heavy atom. The lowest BCUT2D eigenvalue weighted by Gasteiger charge is -2.32. The van der Waals surface area contributed by atoms with Gasteiger partial charge in [0.2, 0.25) is 0 Å². The van der Waals surface area contributed by atoms with Crippen molar-refractivity contribution in [1.29, 1.82) is 0 Å². The molecule has 0 saturated heterocycles. The van der Waals surface area contributed by atoms with Crippen LogP contribution in [0.15, 0.2) is 64.8 Å². The third-order valence-corrected chi connectivity index (χ3v) is 9.39. The van der Waals surface area contributed by atoms with Gasteiger partial charge in [-0.3, -0.25) is 9.78 Å². The van der Waals surface area contributed by atoms with Crippen LogP contribution in [-0.4, -0.2) is 69.9 Å². The average Bonchev–Trinajstić information content (AvgIpc) is 3.86. The quantitative estimate of drug-likeness (QED) is 0.110. The molecule has 1 aliphatic carbocycles. The van der Waals surface area contributed by atoms with Crippen LogP contribution in [0.25, 0.3) is 16.8 Å². The number of amides is 2. The molecule has 1 saturated carbocycles. The molecule has 50 heavy (non-hydrogen) atoms. The van der Waals surface area contributed by atoms with Crippen molar-refractivity contribution in [2.45, 2.75) is 51.3 Å². The first-order valence-corrected chi connectivity index (χ1v) is 16.8. The van der Waals surface area contributed by atoms with Gasteiger partial charge >= 0.3 is 6.09 Å². The molecule has 10 nitrogen and oxygen atoms in total. The second-order valence-electron chi connectivity index (χ2n) is 12.1. The zero-order valence-corrected chi connectivity index (χ0v) is 28.6. The van der Waals surface area contributed by atoms with E-state index < -0.39 is 22.8 Å². The van der Waals surface area contributed by atoms with Gasteiger partial charge in [0.05, 0.1) is 22.2 Å². The standard InChI is InChI=1S/C36H34Cl2F2N4O6/c1-48-14-2-3-23-15-22(29(37)17-41-23)18-44(24-6-7-24)35(45)28-19-43(36(46)47)13-12-27(28)21-4-8-25(9-5-21)49-20-26-16-32(42-50-26)33-30(39)10-11-31(40)34(33)38/h4-5,8-11,15-17,24H,2-3,6-7,12-14,18-20H2,1H3,(H,46,47). The SMILES string of the molecule is COCCCc1cc(CN(C(=O)C2=C(c3ccc(OCc4cc(-c5c(F)ccc(F)c5Cl)no4)cc3)CCN(C(=O)O)C2)C2CC2)c(Cl)cn1. The molecule has 1 N–H and O–H groups in total. The zero-order valence-electron chi connectivity index (χ0n) is 27.1. The number of nitrogens with zero attached hydrogens (tertiary/aromatic N) is 4. The van der Waals surface area contributed by atoms with Crippen molar-refractivity contribution in [3.63, 3.8) is 0 Å². The van der Waals surface area contributed by atoms with Gasteiger partial charge in [0.1, 0.15) is 29.7 Å². The van der Waals surface area contributed by atoms with Crippen LogP contribution in [0.4, 0.5) is 13.6 Å². The predicted molar refractivity (Wildman–Crippen MR) is 182 cm³/mol. The number of hydrogen-bond acceptors (Lipinski definition) is 7. The smallest absolute Gasteiger partial charge is 0.407 e. The molecule has 14 heteroatoms. The Morgan fingerprint density at radius 3 is 2.58 bits per heavy atom. The molecule has 2 amide bonds. The van der Waals surface area contributed by atoms with Crippen molar-refractivity contribution in [3.8, 4) is 17.0 Å². The fourth-order valence-electron chi connectivity index (χ4n) is 5.90. The fraction of sp³-hybridized carbons (Fsp3) is 0.333. The van der Waals surface area contributed by atoms with E-state index in [2.05, 4.69) is 10.1 Å². The van der Waals surface area contributed by atoms with Crippen molar-refractivity contribution >= 4 is 40.8 Å². The Labute approximate surface area is 297 Å². The lowest BCUT2D eigenvalue weighted by Crippen LogP contribution is -2.42. The largest absolute Gasteiger partial charge is 0.486 e. The Kier molecular flexibility index (Phi) is 11.0. The van der Waals surface area contributed by atoms with Gasteiger partial charge in [-0.2, -0.15) is 0 Å². The van der Waals surface area contributed by atoms with Gasteiger partial charge in [-0.1, -0.05) is 40.5 Å². The summed E-state index contributed by atoms with van der Waals surface area (Å²) in [5.74, 6) is -1.00. The number of pyridine rings is 1. The molecule has 4 aromatic rings. The number of halogens is 4. The number of hydrogen-bond donors (Lipinski definition) is 1. The molecule has 2 aromatic carbocycles. The average molecular weight is 728 g/mol. The molecule has 0 atom stereocenters. The van der Waals surface area contributed by atoms with Crippen LogP contribution in [-0.2, 0) is 29.1 Å². The van der Waals surface area contributed by atoms with Crippen LogP contribution in [0, 0.1) is 11.6 Å². The number of carboxylic acid groups (broad SMARTS) is 1. The Hall–Kier alpha value is -4.52. The van der Waals surface area contributed by atoms with Crippen LogP contribution in [0.1, 0.15) is 48.3 Å². The summed E-state index contributed by atoms with van der Waals surface area (Å²) in [6.07, 6.45) is 4.08. The Morgan fingerprint density at radius 1 is 1.10 bits per heavy atom. The molecule has 0 unspecified atom stereocenters.